The van der Waals surface area contributed by atoms with Crippen molar-refractivity contribution in [3.8, 4) is 17.2 Å². The minimum atomic E-state index is -0.133. The van der Waals surface area contributed by atoms with Crippen LogP contribution in [0.3, 0.4) is 0 Å². The first kappa shape index (κ1) is 33.7. The SMILES string of the molecule is C=C1CCCC1CCCCCCC.CCC(=O)c1ccc(-c2ccccc2C#N)cc1.CCCc1cccc(F)c1.[HH]. The molecule has 0 N–H and O–H groups in total. The third-order valence-corrected chi connectivity index (χ3v) is 7.60. The summed E-state index contributed by atoms with van der Waals surface area (Å²) in [7, 11) is 0. The molecule has 1 aliphatic carbocycles. The van der Waals surface area contributed by atoms with Crippen LogP contribution in [-0.4, -0.2) is 5.78 Å². The molecule has 0 bridgehead atoms. The maximum atomic E-state index is 12.5. The highest BCUT2D eigenvalue weighted by Crippen LogP contribution is 2.33. The lowest BCUT2D eigenvalue weighted by Gasteiger charge is -2.09. The highest BCUT2D eigenvalue weighted by atomic mass is 19.1. The van der Waals surface area contributed by atoms with Crippen LogP contribution in [0.1, 0.15) is 114 Å². The zero-order chi connectivity index (χ0) is 29.9. The van der Waals surface area contributed by atoms with E-state index >= 15 is 0 Å². The molecule has 0 saturated heterocycles. The van der Waals surface area contributed by atoms with Crippen LogP contribution in [0.2, 0.25) is 0 Å². The molecule has 1 atom stereocenters. The largest absolute Gasteiger partial charge is 0.294 e. The summed E-state index contributed by atoms with van der Waals surface area (Å²) in [5.41, 5.74) is 5.84. The Labute approximate surface area is 249 Å². The predicted octanol–water partition coefficient (Wildman–Crippen LogP) is 11.5. The lowest BCUT2D eigenvalue weighted by Crippen LogP contribution is -1.95. The molecule has 0 aromatic heterocycles. The van der Waals surface area contributed by atoms with Crippen LogP contribution in [0.5, 0.6) is 0 Å². The van der Waals surface area contributed by atoms with Crippen molar-refractivity contribution in [1.82, 2.24) is 0 Å². The molecule has 3 aromatic rings. The minimum Gasteiger partial charge on any atom is -0.294 e. The Bertz CT molecular complexity index is 1240. The van der Waals surface area contributed by atoms with Gasteiger partial charge in [-0.05, 0) is 72.9 Å². The second-order valence-corrected chi connectivity index (χ2v) is 10.8. The van der Waals surface area contributed by atoms with E-state index in [1.807, 2.05) is 55.5 Å². The van der Waals surface area contributed by atoms with E-state index in [1.54, 1.807) is 18.2 Å². The quantitative estimate of drug-likeness (QED) is 0.134. The first-order valence-corrected chi connectivity index (χ1v) is 15.5. The number of rotatable bonds is 11. The van der Waals surface area contributed by atoms with Crippen molar-refractivity contribution in [2.75, 3.05) is 0 Å². The molecule has 1 fully saturated rings. The number of benzene rings is 3. The van der Waals surface area contributed by atoms with E-state index < -0.39 is 0 Å². The van der Waals surface area contributed by atoms with Gasteiger partial charge < -0.3 is 0 Å². The van der Waals surface area contributed by atoms with Crippen LogP contribution in [-0.2, 0) is 6.42 Å². The topological polar surface area (TPSA) is 40.9 Å². The first-order chi connectivity index (χ1) is 19.9. The van der Waals surface area contributed by atoms with Crippen LogP contribution < -0.4 is 0 Å². The Morgan fingerprint density at radius 3 is 2.29 bits per heavy atom. The summed E-state index contributed by atoms with van der Waals surface area (Å²) in [6, 6.07) is 23.8. The van der Waals surface area contributed by atoms with Gasteiger partial charge in [0.1, 0.15) is 5.82 Å². The number of nitrogens with zero attached hydrogens (tertiary/aromatic N) is 1. The number of unbranched alkanes of at least 4 members (excludes halogenated alkanes) is 4. The third-order valence-electron chi connectivity index (χ3n) is 7.60. The number of carbonyl (C=O) groups is 1. The molecular formula is C38H50FNO. The van der Waals surface area contributed by atoms with Crippen molar-refractivity contribution in [1.29, 1.82) is 5.26 Å². The lowest BCUT2D eigenvalue weighted by molar-refractivity contribution is 0.0988. The highest BCUT2D eigenvalue weighted by Gasteiger charge is 2.17. The predicted molar refractivity (Wildman–Crippen MR) is 174 cm³/mol. The van der Waals surface area contributed by atoms with E-state index in [0.717, 1.165) is 41.0 Å². The van der Waals surface area contributed by atoms with E-state index in [2.05, 4.69) is 26.5 Å². The number of aryl methyl sites for hydroxylation is 1. The van der Waals surface area contributed by atoms with E-state index in [9.17, 15) is 9.18 Å². The lowest BCUT2D eigenvalue weighted by atomic mass is 9.96. The fraction of sp³-hybridized carbons (Fsp3) is 0.421. The number of hydrogen-bond donors (Lipinski definition) is 0. The van der Waals surface area contributed by atoms with Gasteiger partial charge in [0.15, 0.2) is 5.78 Å². The zero-order valence-corrected chi connectivity index (χ0v) is 25.4. The Hall–Kier alpha value is -3.51. The molecule has 41 heavy (non-hydrogen) atoms. The van der Waals surface area contributed by atoms with Gasteiger partial charge in [0.25, 0.3) is 0 Å². The average Bonchev–Trinajstić information content (AvgIpc) is 3.42. The summed E-state index contributed by atoms with van der Waals surface area (Å²) in [5.74, 6) is 0.891. The molecule has 0 heterocycles. The van der Waals surface area contributed by atoms with Gasteiger partial charge in [-0.25, -0.2) is 4.39 Å². The zero-order valence-electron chi connectivity index (χ0n) is 25.4. The van der Waals surface area contributed by atoms with Gasteiger partial charge in [-0.1, -0.05) is 126 Å². The summed E-state index contributed by atoms with van der Waals surface area (Å²) in [4.78, 5) is 11.5. The Balaban J connectivity index is 0.000000326. The number of allylic oxidation sites excluding steroid dienone is 1. The molecular weight excluding hydrogens is 505 g/mol. The van der Waals surface area contributed by atoms with Gasteiger partial charge in [0, 0.05) is 13.4 Å². The van der Waals surface area contributed by atoms with Crippen molar-refractivity contribution in [3.05, 3.63) is 107 Å². The number of carbonyl (C=O) groups excluding carboxylic acids is 1. The number of Topliss-reactive ketones (excluding diaryl/α,β-unsaturated/α-hetero) is 1. The smallest absolute Gasteiger partial charge is 0.162 e. The summed E-state index contributed by atoms with van der Waals surface area (Å²) in [6.07, 6.45) is 15.2. The molecule has 0 radical (unpaired) electrons. The van der Waals surface area contributed by atoms with Gasteiger partial charge in [-0.15, -0.1) is 0 Å². The maximum Gasteiger partial charge on any atom is 0.162 e. The van der Waals surface area contributed by atoms with Crippen molar-refractivity contribution in [2.45, 2.75) is 97.8 Å². The molecule has 1 saturated carbocycles. The third kappa shape index (κ3) is 12.3. The minimum absolute atomic E-state index is 0. The molecule has 3 aromatic carbocycles. The van der Waals surface area contributed by atoms with Gasteiger partial charge >= 0.3 is 0 Å². The fourth-order valence-electron chi connectivity index (χ4n) is 5.18. The van der Waals surface area contributed by atoms with E-state index in [1.165, 1.54) is 69.4 Å². The molecule has 4 rings (SSSR count). The van der Waals surface area contributed by atoms with Gasteiger partial charge in [-0.2, -0.15) is 5.26 Å². The maximum absolute atomic E-state index is 12.5. The second-order valence-electron chi connectivity index (χ2n) is 10.8. The fourth-order valence-corrected chi connectivity index (χ4v) is 5.18. The Morgan fingerprint density at radius 1 is 0.951 bits per heavy atom. The number of nitriles is 1. The van der Waals surface area contributed by atoms with Crippen molar-refractivity contribution < 1.29 is 10.6 Å². The van der Waals surface area contributed by atoms with Crippen LogP contribution in [0, 0.1) is 23.1 Å². The van der Waals surface area contributed by atoms with Crippen LogP contribution >= 0.6 is 0 Å². The summed E-state index contributed by atoms with van der Waals surface area (Å²) >= 11 is 0. The molecule has 0 spiro atoms. The van der Waals surface area contributed by atoms with Crippen molar-refractivity contribution in [2.24, 2.45) is 5.92 Å². The normalized spacial score (nSPS) is 13.8. The molecule has 2 nitrogen and oxygen atoms in total. The van der Waals surface area contributed by atoms with Crippen LogP contribution in [0.15, 0.2) is 84.9 Å². The van der Waals surface area contributed by atoms with E-state index in [4.69, 9.17) is 5.26 Å². The van der Waals surface area contributed by atoms with Crippen LogP contribution in [0.4, 0.5) is 4.39 Å². The van der Waals surface area contributed by atoms with Gasteiger partial charge in [0.2, 0.25) is 0 Å². The highest BCUT2D eigenvalue weighted by molar-refractivity contribution is 5.96. The summed E-state index contributed by atoms with van der Waals surface area (Å²) in [5, 5.41) is 9.06. The number of ketones is 1. The Morgan fingerprint density at radius 2 is 1.68 bits per heavy atom. The Kier molecular flexibility index (Phi) is 16.1. The van der Waals surface area contributed by atoms with Crippen LogP contribution in [0.25, 0.3) is 11.1 Å². The second kappa shape index (κ2) is 19.5. The number of halogens is 1. The molecule has 3 heteroatoms. The standard InChI is InChI=1S/C16H13NO.C13H24.C9H11F.H2/c1-2-16(18)13-9-7-12(8-10-13)15-6-4-3-5-14(15)11-17;1-3-4-5-6-7-10-13-11-8-9-12(13)2;1-2-4-8-5-3-6-9(10)7-8;/h3-10H,2H2,1H3;13H,2-11H2,1H3;3,5-7H,2,4H2,1H3;1H. The van der Waals surface area contributed by atoms with E-state index in [-0.39, 0.29) is 13.0 Å². The van der Waals surface area contributed by atoms with E-state index in [0.29, 0.717) is 12.0 Å². The van der Waals surface area contributed by atoms with Gasteiger partial charge in [-0.3, -0.25) is 4.79 Å². The average molecular weight is 556 g/mol. The van der Waals surface area contributed by atoms with Crippen molar-refractivity contribution >= 4 is 5.78 Å². The summed E-state index contributed by atoms with van der Waals surface area (Å²) in [6.45, 7) is 10.4. The monoisotopic (exact) mass is 555 g/mol. The molecule has 1 aliphatic rings. The van der Waals surface area contributed by atoms with Gasteiger partial charge in [0.05, 0.1) is 11.6 Å². The molecule has 1 unspecified atom stereocenters. The molecule has 0 amide bonds. The van der Waals surface area contributed by atoms with Crippen molar-refractivity contribution in [3.63, 3.8) is 0 Å². The molecule has 0 aliphatic heterocycles. The first-order valence-electron chi connectivity index (χ1n) is 15.5. The molecule has 220 valence electrons. The summed E-state index contributed by atoms with van der Waals surface area (Å²) < 4.78 is 12.5. The number of hydrogen-bond acceptors (Lipinski definition) is 2.